The number of likely N-dealkylation sites (N-methyl/N-ethyl adjacent to an activating group) is 1. The minimum Gasteiger partial charge on any atom is -0.355 e. The summed E-state index contributed by atoms with van der Waals surface area (Å²) in [7, 11) is 0. The number of alkyl halides is 2. The molecule has 0 aliphatic heterocycles. The van der Waals surface area contributed by atoms with Crippen molar-refractivity contribution in [2.24, 2.45) is 0 Å². The minimum atomic E-state index is -2.10. The summed E-state index contributed by atoms with van der Waals surface area (Å²) in [6, 6.07) is 0. The molecule has 0 aromatic rings. The first-order valence-corrected chi connectivity index (χ1v) is 3.84. The summed E-state index contributed by atoms with van der Waals surface area (Å²) < 4.78 is 12.0. The monoisotopic (exact) mass is 196 g/mol. The number of carbonyl (C=O) groups is 2. The summed E-state index contributed by atoms with van der Waals surface area (Å²) in [4.78, 5) is 21.1. The van der Waals surface area contributed by atoms with Crippen LogP contribution in [0.3, 0.4) is 0 Å². The maximum atomic E-state index is 12.0. The third-order valence-corrected chi connectivity index (χ3v) is 1.19. The molecule has 6 heteroatoms. The van der Waals surface area contributed by atoms with Gasteiger partial charge in [-0.2, -0.15) is 0 Å². The molecular formula is C6H10ClFN2O2. The lowest BCUT2D eigenvalue weighted by Gasteiger charge is -2.03. The molecule has 0 saturated carbocycles. The first-order chi connectivity index (χ1) is 5.57. The lowest BCUT2D eigenvalue weighted by Crippen LogP contribution is -2.38. The molecule has 70 valence electrons. The number of amides is 2. The molecule has 0 spiro atoms. The van der Waals surface area contributed by atoms with Crippen molar-refractivity contribution in [3.63, 3.8) is 0 Å². The summed E-state index contributed by atoms with van der Waals surface area (Å²) in [5.41, 5.74) is -2.10. The van der Waals surface area contributed by atoms with Crippen LogP contribution in [0, 0.1) is 0 Å². The Morgan fingerprint density at radius 3 is 2.50 bits per heavy atom. The second-order valence-corrected chi connectivity index (χ2v) is 2.36. The van der Waals surface area contributed by atoms with Gasteiger partial charge in [-0.25, -0.2) is 4.39 Å². The Morgan fingerprint density at radius 1 is 1.50 bits per heavy atom. The Labute approximate surface area is 74.5 Å². The zero-order chi connectivity index (χ0) is 9.56. The van der Waals surface area contributed by atoms with E-state index < -0.39 is 11.5 Å². The number of nitrogens with one attached hydrogen (secondary N) is 2. The quantitative estimate of drug-likeness (QED) is 0.611. The van der Waals surface area contributed by atoms with E-state index in [0.717, 1.165) is 0 Å². The average molecular weight is 197 g/mol. The molecule has 1 unspecified atom stereocenters. The maximum absolute atomic E-state index is 12.0. The summed E-state index contributed by atoms with van der Waals surface area (Å²) in [6.45, 7) is 1.95. The van der Waals surface area contributed by atoms with E-state index >= 15 is 0 Å². The highest BCUT2D eigenvalue weighted by molar-refractivity contribution is 6.29. The van der Waals surface area contributed by atoms with E-state index in [1.165, 1.54) is 0 Å². The molecule has 0 aliphatic rings. The second-order valence-electron chi connectivity index (χ2n) is 1.97. The predicted molar refractivity (Wildman–Crippen MR) is 42.4 cm³/mol. The van der Waals surface area contributed by atoms with Crippen LogP contribution in [0.15, 0.2) is 0 Å². The fraction of sp³-hybridized carbons (Fsp3) is 0.667. The molecule has 2 N–H and O–H groups in total. The lowest BCUT2D eigenvalue weighted by atomic mass is 10.5. The third-order valence-electron chi connectivity index (χ3n) is 0.995. The summed E-state index contributed by atoms with van der Waals surface area (Å²) in [5, 5.41) is 4.43. The molecule has 0 aromatic heterocycles. The zero-order valence-electron chi connectivity index (χ0n) is 6.56. The molecule has 0 aromatic carbocycles. The number of rotatable bonds is 4. The number of hydrogen-bond donors (Lipinski definition) is 2. The summed E-state index contributed by atoms with van der Waals surface area (Å²) in [5.74, 6) is -1.37. The molecule has 0 rings (SSSR count). The fourth-order valence-corrected chi connectivity index (χ4v) is 0.581. The van der Waals surface area contributed by atoms with Crippen molar-refractivity contribution >= 4 is 23.4 Å². The molecule has 0 saturated heterocycles. The van der Waals surface area contributed by atoms with E-state index in [4.69, 9.17) is 11.6 Å². The molecule has 0 bridgehead atoms. The van der Waals surface area contributed by atoms with Gasteiger partial charge < -0.3 is 10.6 Å². The Balaban J connectivity index is 3.54. The SMILES string of the molecule is CCNC(=O)CNC(=O)C(F)Cl. The van der Waals surface area contributed by atoms with Gasteiger partial charge in [-0.15, -0.1) is 0 Å². The third kappa shape index (κ3) is 4.90. The van der Waals surface area contributed by atoms with Crippen LogP contribution in [-0.4, -0.2) is 30.5 Å². The van der Waals surface area contributed by atoms with Crippen LogP contribution in [0.4, 0.5) is 4.39 Å². The van der Waals surface area contributed by atoms with E-state index in [1.54, 1.807) is 6.92 Å². The molecule has 12 heavy (non-hydrogen) atoms. The van der Waals surface area contributed by atoms with Gasteiger partial charge in [-0.1, -0.05) is 11.6 Å². The van der Waals surface area contributed by atoms with Gasteiger partial charge in [0, 0.05) is 6.54 Å². The van der Waals surface area contributed by atoms with Gasteiger partial charge in [-0.3, -0.25) is 9.59 Å². The molecule has 1 atom stereocenters. The van der Waals surface area contributed by atoms with Crippen molar-refractivity contribution in [3.8, 4) is 0 Å². The van der Waals surface area contributed by atoms with E-state index in [2.05, 4.69) is 5.32 Å². The molecule has 0 aliphatic carbocycles. The highest BCUT2D eigenvalue weighted by atomic mass is 35.5. The maximum Gasteiger partial charge on any atom is 0.270 e. The van der Waals surface area contributed by atoms with Crippen molar-refractivity contribution < 1.29 is 14.0 Å². The molecule has 0 fully saturated rings. The van der Waals surface area contributed by atoms with E-state index in [9.17, 15) is 14.0 Å². The fourth-order valence-electron chi connectivity index (χ4n) is 0.504. The summed E-state index contributed by atoms with van der Waals surface area (Å²) >= 11 is 4.78. The highest BCUT2D eigenvalue weighted by Crippen LogP contribution is 1.94. The van der Waals surface area contributed by atoms with E-state index in [0.29, 0.717) is 6.54 Å². The molecule has 4 nitrogen and oxygen atoms in total. The van der Waals surface area contributed by atoms with Crippen LogP contribution in [-0.2, 0) is 9.59 Å². The van der Waals surface area contributed by atoms with Gasteiger partial charge in [0.1, 0.15) is 0 Å². The van der Waals surface area contributed by atoms with E-state index in [1.807, 2.05) is 5.32 Å². The standard InChI is InChI=1S/C6H10ClFN2O2/c1-2-9-4(11)3-10-6(12)5(7)8/h5H,2-3H2,1H3,(H,9,11)(H,10,12). The second kappa shape index (κ2) is 5.77. The minimum absolute atomic E-state index is 0.250. The Hall–Kier alpha value is -0.840. The van der Waals surface area contributed by atoms with Crippen molar-refractivity contribution in [2.45, 2.75) is 12.6 Å². The number of carbonyl (C=O) groups excluding carboxylic acids is 2. The van der Waals surface area contributed by atoms with Crippen molar-refractivity contribution in [1.29, 1.82) is 0 Å². The Kier molecular flexibility index (Phi) is 5.36. The highest BCUT2D eigenvalue weighted by Gasteiger charge is 2.13. The van der Waals surface area contributed by atoms with Crippen LogP contribution >= 0.6 is 11.6 Å². The molecule has 2 amide bonds. The van der Waals surface area contributed by atoms with Crippen molar-refractivity contribution in [2.75, 3.05) is 13.1 Å². The van der Waals surface area contributed by atoms with Crippen LogP contribution < -0.4 is 10.6 Å². The van der Waals surface area contributed by atoms with Gasteiger partial charge in [0.25, 0.3) is 11.5 Å². The zero-order valence-corrected chi connectivity index (χ0v) is 7.32. The molecule has 0 radical (unpaired) electrons. The van der Waals surface area contributed by atoms with Crippen LogP contribution in [0.2, 0.25) is 0 Å². The normalized spacial score (nSPS) is 11.9. The first kappa shape index (κ1) is 11.2. The van der Waals surface area contributed by atoms with Gasteiger partial charge in [-0.05, 0) is 6.92 Å². The first-order valence-electron chi connectivity index (χ1n) is 3.40. The van der Waals surface area contributed by atoms with Gasteiger partial charge in [0.05, 0.1) is 6.54 Å². The van der Waals surface area contributed by atoms with Crippen LogP contribution in [0.25, 0.3) is 0 Å². The largest absolute Gasteiger partial charge is 0.355 e. The van der Waals surface area contributed by atoms with Crippen molar-refractivity contribution in [3.05, 3.63) is 0 Å². The molecule has 0 heterocycles. The van der Waals surface area contributed by atoms with Crippen LogP contribution in [0.1, 0.15) is 6.92 Å². The van der Waals surface area contributed by atoms with Crippen LogP contribution in [0.5, 0.6) is 0 Å². The average Bonchev–Trinajstić information content (AvgIpc) is 2.00. The van der Waals surface area contributed by atoms with Gasteiger partial charge in [0.2, 0.25) is 5.91 Å². The number of hydrogen-bond acceptors (Lipinski definition) is 2. The number of halogens is 2. The van der Waals surface area contributed by atoms with Gasteiger partial charge in [0.15, 0.2) is 0 Å². The lowest BCUT2D eigenvalue weighted by molar-refractivity contribution is -0.127. The topological polar surface area (TPSA) is 58.2 Å². The summed E-state index contributed by atoms with van der Waals surface area (Å²) in [6.07, 6.45) is 0. The van der Waals surface area contributed by atoms with Gasteiger partial charge >= 0.3 is 0 Å². The van der Waals surface area contributed by atoms with E-state index in [-0.39, 0.29) is 12.5 Å². The Morgan fingerprint density at radius 2 is 2.08 bits per heavy atom. The Bertz CT molecular complexity index is 175. The van der Waals surface area contributed by atoms with Crippen molar-refractivity contribution in [1.82, 2.24) is 10.6 Å². The smallest absolute Gasteiger partial charge is 0.270 e. The molecular weight excluding hydrogens is 187 g/mol. The predicted octanol–water partition coefficient (Wildman–Crippen LogP) is -0.227.